The van der Waals surface area contributed by atoms with Gasteiger partial charge in [-0.05, 0) is 100 Å². The molecule has 0 N–H and O–H groups in total. The van der Waals surface area contributed by atoms with Crippen molar-refractivity contribution in [3.8, 4) is 39.1 Å². The van der Waals surface area contributed by atoms with E-state index in [-0.39, 0.29) is 5.41 Å². The summed E-state index contributed by atoms with van der Waals surface area (Å²) in [6.07, 6.45) is 0. The van der Waals surface area contributed by atoms with Gasteiger partial charge in [0, 0.05) is 54.5 Å². The molecule has 1 aliphatic carbocycles. The minimum atomic E-state index is -0.309. The quantitative estimate of drug-likeness (QED) is 0.167. The zero-order valence-electron chi connectivity index (χ0n) is 37.0. The van der Waals surface area contributed by atoms with E-state index in [4.69, 9.17) is 8.83 Å². The zero-order chi connectivity index (χ0) is 44.4. The minimum Gasteiger partial charge on any atom is -0.456 e. The lowest BCUT2D eigenvalue weighted by molar-refractivity contribution is 0.660. The summed E-state index contributed by atoms with van der Waals surface area (Å²) in [7, 11) is 0. The van der Waals surface area contributed by atoms with Crippen molar-refractivity contribution in [2.75, 3.05) is 4.90 Å². The van der Waals surface area contributed by atoms with Crippen LogP contribution in [0.4, 0.5) is 17.1 Å². The average Bonchev–Trinajstić information content (AvgIpc) is 4.11. The molecule has 13 aromatic rings. The summed E-state index contributed by atoms with van der Waals surface area (Å²) in [5.74, 6) is 0. The van der Waals surface area contributed by atoms with Crippen molar-refractivity contribution in [2.24, 2.45) is 0 Å². The van der Waals surface area contributed by atoms with Gasteiger partial charge in [-0.2, -0.15) is 0 Å². The van der Waals surface area contributed by atoms with E-state index in [9.17, 15) is 0 Å². The fourth-order valence-corrected chi connectivity index (χ4v) is 11.5. The van der Waals surface area contributed by atoms with Gasteiger partial charge >= 0.3 is 0 Å². The third kappa shape index (κ3) is 5.41. The van der Waals surface area contributed by atoms with E-state index in [0.717, 1.165) is 88.9 Å². The normalized spacial score (nSPS) is 13.0. The minimum absolute atomic E-state index is 0.309. The number of nitrogens with zero attached hydrogens (tertiary/aromatic N) is 2. The molecule has 3 aromatic heterocycles. The lowest BCUT2D eigenvalue weighted by atomic mass is 9.81. The highest BCUT2D eigenvalue weighted by molar-refractivity contribution is 6.17. The highest BCUT2D eigenvalue weighted by Gasteiger charge is 2.39. The van der Waals surface area contributed by atoms with Crippen LogP contribution in [0.5, 0.6) is 0 Å². The second-order valence-corrected chi connectivity index (χ2v) is 18.4. The van der Waals surface area contributed by atoms with Gasteiger partial charge in [0.05, 0.1) is 28.1 Å². The molecule has 0 amide bonds. The first-order chi connectivity index (χ1) is 33.0. The molecule has 0 atom stereocenters. The van der Waals surface area contributed by atoms with E-state index in [1.54, 1.807) is 0 Å². The van der Waals surface area contributed by atoms with Crippen LogP contribution in [0.3, 0.4) is 0 Å². The van der Waals surface area contributed by atoms with Crippen molar-refractivity contribution in [1.82, 2.24) is 4.57 Å². The summed E-state index contributed by atoms with van der Waals surface area (Å²) in [5, 5.41) is 6.82. The summed E-state index contributed by atoms with van der Waals surface area (Å²) in [4.78, 5) is 2.53. The van der Waals surface area contributed by atoms with Gasteiger partial charge in [-0.15, -0.1) is 0 Å². The Bertz CT molecular complexity index is 4110. The van der Waals surface area contributed by atoms with E-state index in [2.05, 4.69) is 236 Å². The summed E-state index contributed by atoms with van der Waals surface area (Å²) >= 11 is 0. The number of hydrogen-bond acceptors (Lipinski definition) is 3. The Labute approximate surface area is 387 Å². The van der Waals surface area contributed by atoms with Gasteiger partial charge in [0.1, 0.15) is 22.3 Å². The first-order valence-electron chi connectivity index (χ1n) is 23.1. The molecule has 3 heterocycles. The van der Waals surface area contributed by atoms with Crippen LogP contribution in [0.15, 0.2) is 227 Å². The largest absolute Gasteiger partial charge is 0.456 e. The number of hydrogen-bond donors (Lipinski definition) is 0. The van der Waals surface area contributed by atoms with E-state index >= 15 is 0 Å². The van der Waals surface area contributed by atoms with Gasteiger partial charge in [0.25, 0.3) is 0 Å². The second-order valence-electron chi connectivity index (χ2n) is 18.4. The highest BCUT2D eigenvalue weighted by Crippen LogP contribution is 2.57. The van der Waals surface area contributed by atoms with Crippen LogP contribution in [-0.2, 0) is 5.41 Å². The number of aromatic nitrogens is 1. The lowest BCUT2D eigenvalue weighted by Gasteiger charge is -2.34. The smallest absolute Gasteiger partial charge is 0.145 e. The van der Waals surface area contributed by atoms with Crippen LogP contribution in [-0.4, -0.2) is 4.57 Å². The van der Waals surface area contributed by atoms with E-state index in [0.29, 0.717) is 0 Å². The van der Waals surface area contributed by atoms with Crippen molar-refractivity contribution in [3.05, 3.63) is 230 Å². The van der Waals surface area contributed by atoms with Crippen molar-refractivity contribution < 1.29 is 8.83 Å². The maximum absolute atomic E-state index is 7.12. The Morgan fingerprint density at radius 2 is 0.985 bits per heavy atom. The number of para-hydroxylation sites is 5. The van der Waals surface area contributed by atoms with Crippen LogP contribution in [0.25, 0.3) is 105 Å². The van der Waals surface area contributed by atoms with Gasteiger partial charge in [-0.3, -0.25) is 0 Å². The molecule has 4 heteroatoms. The van der Waals surface area contributed by atoms with E-state index in [1.807, 2.05) is 6.07 Å². The zero-order valence-corrected chi connectivity index (χ0v) is 37.0. The number of fused-ring (bicyclic) bond motifs is 12. The van der Waals surface area contributed by atoms with Crippen molar-refractivity contribution in [2.45, 2.75) is 19.3 Å². The Morgan fingerprint density at radius 1 is 0.403 bits per heavy atom. The summed E-state index contributed by atoms with van der Waals surface area (Å²) in [5.41, 5.74) is 19.2. The fraction of sp³-hybridized carbons (Fsp3) is 0.0476. The van der Waals surface area contributed by atoms with Crippen LogP contribution < -0.4 is 4.90 Å². The van der Waals surface area contributed by atoms with Gasteiger partial charge in [0.2, 0.25) is 0 Å². The number of benzene rings is 10. The van der Waals surface area contributed by atoms with E-state index in [1.165, 1.54) is 44.1 Å². The molecule has 0 aliphatic heterocycles. The average molecular weight is 859 g/mol. The van der Waals surface area contributed by atoms with Crippen molar-refractivity contribution in [1.29, 1.82) is 0 Å². The molecule has 67 heavy (non-hydrogen) atoms. The van der Waals surface area contributed by atoms with Crippen LogP contribution in [0, 0.1) is 0 Å². The standard InChI is InChI=1S/C63H42N2O2/c1-63(2)50-28-9-3-20-41(50)47-27-16-32-55(61(47)63)65(53-31-12-6-23-44(53)46-26-17-35-58-60(46)49-25-8-14-34-57(49)66-58)54-37-36-48-45-24-7-13-33-56(45)67-62(48)59(54)39-18-15-19-40(38-39)64-51-29-10-4-21-42(51)43-22-5-11-30-52(43)64/h3-38H,1-2H3. The van der Waals surface area contributed by atoms with E-state index < -0.39 is 0 Å². The highest BCUT2D eigenvalue weighted by atomic mass is 16.3. The molecule has 316 valence electrons. The van der Waals surface area contributed by atoms with Crippen LogP contribution >= 0.6 is 0 Å². The van der Waals surface area contributed by atoms with Gasteiger partial charge in [-0.1, -0.05) is 166 Å². The summed E-state index contributed by atoms with van der Waals surface area (Å²) < 4.78 is 16.1. The van der Waals surface area contributed by atoms with Crippen LogP contribution in [0.2, 0.25) is 0 Å². The molecule has 0 radical (unpaired) electrons. The molecule has 0 saturated heterocycles. The molecule has 10 aromatic carbocycles. The predicted octanol–water partition coefficient (Wildman–Crippen LogP) is 17.7. The fourth-order valence-electron chi connectivity index (χ4n) is 11.5. The molecule has 14 rings (SSSR count). The Kier molecular flexibility index (Phi) is 8.00. The number of furan rings is 2. The maximum Gasteiger partial charge on any atom is 0.145 e. The molecule has 0 saturated carbocycles. The van der Waals surface area contributed by atoms with Gasteiger partial charge < -0.3 is 18.3 Å². The molecular formula is C63H42N2O2. The predicted molar refractivity (Wildman–Crippen MR) is 278 cm³/mol. The number of anilines is 3. The molecular weight excluding hydrogens is 817 g/mol. The topological polar surface area (TPSA) is 34.5 Å². The maximum atomic E-state index is 7.12. The third-order valence-electron chi connectivity index (χ3n) is 14.4. The molecule has 4 nitrogen and oxygen atoms in total. The van der Waals surface area contributed by atoms with Gasteiger partial charge in [0.15, 0.2) is 0 Å². The molecule has 0 bridgehead atoms. The molecule has 1 aliphatic rings. The Balaban J connectivity index is 1.11. The monoisotopic (exact) mass is 858 g/mol. The first kappa shape index (κ1) is 37.7. The Morgan fingerprint density at radius 3 is 1.79 bits per heavy atom. The third-order valence-corrected chi connectivity index (χ3v) is 14.4. The number of rotatable bonds is 6. The SMILES string of the molecule is CC1(C)c2ccccc2-c2cccc(N(c3ccccc3-c3cccc4oc5ccccc5c34)c3ccc4c(oc5ccccc54)c3-c3cccc(-n4c5ccccc5c5ccccc54)c3)c21. The molecule has 0 fully saturated rings. The molecule has 0 spiro atoms. The second kappa shape index (κ2) is 14.2. The Hall–Kier alpha value is -8.60. The van der Waals surface area contributed by atoms with Crippen molar-refractivity contribution >= 4 is 82.7 Å². The summed E-state index contributed by atoms with van der Waals surface area (Å²) in [6.45, 7) is 4.75. The van der Waals surface area contributed by atoms with Crippen LogP contribution in [0.1, 0.15) is 25.0 Å². The van der Waals surface area contributed by atoms with Gasteiger partial charge in [-0.25, -0.2) is 0 Å². The first-order valence-corrected chi connectivity index (χ1v) is 23.1. The van der Waals surface area contributed by atoms with Crippen molar-refractivity contribution in [3.63, 3.8) is 0 Å². The lowest BCUT2D eigenvalue weighted by Crippen LogP contribution is -2.21. The summed E-state index contributed by atoms with van der Waals surface area (Å²) in [6, 6.07) is 78.9. The molecule has 0 unspecified atom stereocenters.